The van der Waals surface area contributed by atoms with E-state index in [1.165, 1.54) is 11.3 Å². The lowest BCUT2D eigenvalue weighted by Crippen LogP contribution is -2.18. The third-order valence-electron chi connectivity index (χ3n) is 3.32. The molecule has 2 atom stereocenters. The van der Waals surface area contributed by atoms with Crippen molar-refractivity contribution in [3.05, 3.63) is 42.8 Å². The molecule has 0 saturated heterocycles. The minimum absolute atomic E-state index is 0.191. The van der Waals surface area contributed by atoms with E-state index in [2.05, 4.69) is 0 Å². The van der Waals surface area contributed by atoms with Gasteiger partial charge in [-0.3, -0.25) is 9.59 Å². The molecular weight excluding hydrogens is 296 g/mol. The zero-order valence-electron chi connectivity index (χ0n) is 10.8. The molecule has 2 aromatic rings. The van der Waals surface area contributed by atoms with Crippen LogP contribution in [0.1, 0.15) is 67.0 Å². The highest BCUT2D eigenvalue weighted by molar-refractivity contribution is 7.18. The van der Waals surface area contributed by atoms with Gasteiger partial charge in [-0.25, -0.2) is 0 Å². The zero-order valence-corrected chi connectivity index (χ0v) is 12.5. The molecule has 2 aromatic heterocycles. The molecule has 3 rings (SSSR count). The predicted molar refractivity (Wildman–Crippen MR) is 76.8 cm³/mol. The minimum Gasteiger partial charge on any atom is -0.389 e. The van der Waals surface area contributed by atoms with E-state index in [1.807, 2.05) is 0 Å². The molecule has 1 aliphatic carbocycles. The lowest BCUT2D eigenvalue weighted by molar-refractivity contribution is 0.0981. The molecule has 2 heterocycles. The maximum atomic E-state index is 12.5. The zero-order chi connectivity index (χ0) is 14.6. The van der Waals surface area contributed by atoms with Crippen LogP contribution in [0.25, 0.3) is 0 Å². The summed E-state index contributed by atoms with van der Waals surface area (Å²) in [6, 6.07) is 1.58. The van der Waals surface area contributed by atoms with Crippen molar-refractivity contribution < 1.29 is 19.8 Å². The van der Waals surface area contributed by atoms with Crippen LogP contribution in [0, 0.1) is 0 Å². The molecule has 4 nitrogen and oxygen atoms in total. The number of aliphatic hydroxyl groups excluding tert-OH is 2. The Morgan fingerprint density at radius 2 is 1.75 bits per heavy atom. The summed E-state index contributed by atoms with van der Waals surface area (Å²) in [5, 5.41) is 21.0. The Balaban J connectivity index is 2.21. The second-order valence-corrected chi connectivity index (χ2v) is 6.76. The summed E-state index contributed by atoms with van der Waals surface area (Å²) >= 11 is 2.35. The standard InChI is InChI=1S/C14H12O4S2/c1-5(15)8-4-19-14-10(8)11(17)7-3-9(6(2)16)20-13(7)12(14)18/h3-6,15-16H,1-2H3/t5-,6-/m0/s1. The molecule has 0 bridgehead atoms. The summed E-state index contributed by atoms with van der Waals surface area (Å²) in [7, 11) is 0. The summed E-state index contributed by atoms with van der Waals surface area (Å²) in [5.41, 5.74) is 1.15. The molecule has 0 amide bonds. The van der Waals surface area contributed by atoms with E-state index in [0.717, 1.165) is 11.3 Å². The van der Waals surface area contributed by atoms with Crippen LogP contribution in [0.5, 0.6) is 0 Å². The van der Waals surface area contributed by atoms with Crippen LogP contribution in [0.2, 0.25) is 0 Å². The van der Waals surface area contributed by atoms with E-state index in [4.69, 9.17) is 0 Å². The highest BCUT2D eigenvalue weighted by Gasteiger charge is 2.36. The molecule has 1 aliphatic rings. The van der Waals surface area contributed by atoms with Crippen molar-refractivity contribution in [1.29, 1.82) is 0 Å². The molecule has 0 fully saturated rings. The first-order valence-corrected chi connectivity index (χ1v) is 7.82. The normalized spacial score (nSPS) is 16.8. The summed E-state index contributed by atoms with van der Waals surface area (Å²) in [6.45, 7) is 3.17. The fraction of sp³-hybridized carbons (Fsp3) is 0.286. The van der Waals surface area contributed by atoms with Gasteiger partial charge in [-0.15, -0.1) is 22.7 Å². The van der Waals surface area contributed by atoms with Crippen molar-refractivity contribution in [2.24, 2.45) is 0 Å². The quantitative estimate of drug-likeness (QED) is 0.763. The Morgan fingerprint density at radius 1 is 1.05 bits per heavy atom. The molecule has 0 radical (unpaired) electrons. The van der Waals surface area contributed by atoms with E-state index >= 15 is 0 Å². The van der Waals surface area contributed by atoms with Crippen LogP contribution in [0.3, 0.4) is 0 Å². The molecule has 2 N–H and O–H groups in total. The Hall–Kier alpha value is -1.34. The summed E-state index contributed by atoms with van der Waals surface area (Å²) in [5.74, 6) is -0.432. The third kappa shape index (κ3) is 1.80. The first kappa shape index (κ1) is 13.6. The lowest BCUT2D eigenvalue weighted by atomic mass is 9.91. The highest BCUT2D eigenvalue weighted by atomic mass is 32.1. The molecule has 104 valence electrons. The van der Waals surface area contributed by atoms with E-state index in [-0.39, 0.29) is 11.6 Å². The van der Waals surface area contributed by atoms with Crippen molar-refractivity contribution in [1.82, 2.24) is 0 Å². The summed E-state index contributed by atoms with van der Waals surface area (Å²) in [6.07, 6.45) is -1.50. The van der Waals surface area contributed by atoms with Crippen LogP contribution >= 0.6 is 22.7 Å². The SMILES string of the molecule is C[C@H](O)c1cc2c(s1)C(=O)c1scc([C@H](C)O)c1C2=O. The van der Waals surface area contributed by atoms with Gasteiger partial charge in [0.1, 0.15) is 0 Å². The van der Waals surface area contributed by atoms with Crippen molar-refractivity contribution in [2.75, 3.05) is 0 Å². The monoisotopic (exact) mass is 308 g/mol. The maximum absolute atomic E-state index is 12.5. The number of hydrogen-bond acceptors (Lipinski definition) is 6. The lowest BCUT2D eigenvalue weighted by Gasteiger charge is -2.12. The largest absolute Gasteiger partial charge is 0.389 e. The molecule has 0 saturated carbocycles. The van der Waals surface area contributed by atoms with Gasteiger partial charge >= 0.3 is 0 Å². The number of ketones is 2. The Bertz CT molecular complexity index is 718. The molecule has 6 heteroatoms. The van der Waals surface area contributed by atoms with Gasteiger partial charge in [0, 0.05) is 16.0 Å². The molecule has 0 aliphatic heterocycles. The Morgan fingerprint density at radius 3 is 2.35 bits per heavy atom. The van der Waals surface area contributed by atoms with Gasteiger partial charge < -0.3 is 10.2 Å². The number of thiophene rings is 2. The van der Waals surface area contributed by atoms with Gasteiger partial charge in [-0.05, 0) is 25.3 Å². The minimum atomic E-state index is -0.789. The number of hydrogen-bond donors (Lipinski definition) is 2. The van der Waals surface area contributed by atoms with Crippen molar-refractivity contribution in [2.45, 2.75) is 26.1 Å². The van der Waals surface area contributed by atoms with Gasteiger partial charge in [-0.1, -0.05) is 0 Å². The van der Waals surface area contributed by atoms with Gasteiger partial charge in [0.2, 0.25) is 5.78 Å². The van der Waals surface area contributed by atoms with Gasteiger partial charge in [0.15, 0.2) is 5.78 Å². The van der Waals surface area contributed by atoms with E-state index < -0.39 is 12.2 Å². The molecule has 0 unspecified atom stereocenters. The first-order chi connectivity index (χ1) is 9.41. The molecule has 0 spiro atoms. The van der Waals surface area contributed by atoms with Crippen LogP contribution < -0.4 is 0 Å². The fourth-order valence-corrected chi connectivity index (χ4v) is 4.47. The number of rotatable bonds is 2. The first-order valence-electron chi connectivity index (χ1n) is 6.12. The van der Waals surface area contributed by atoms with Crippen LogP contribution in [-0.4, -0.2) is 21.8 Å². The van der Waals surface area contributed by atoms with E-state index in [1.54, 1.807) is 25.3 Å². The van der Waals surface area contributed by atoms with Crippen LogP contribution in [0.15, 0.2) is 11.4 Å². The average Bonchev–Trinajstić information content (AvgIpc) is 3.00. The highest BCUT2D eigenvalue weighted by Crippen LogP contribution is 2.40. The topological polar surface area (TPSA) is 74.6 Å². The van der Waals surface area contributed by atoms with E-state index in [9.17, 15) is 19.8 Å². The number of aliphatic hydroxyl groups is 2. The van der Waals surface area contributed by atoms with Gasteiger partial charge in [0.05, 0.1) is 27.5 Å². The van der Waals surface area contributed by atoms with Crippen LogP contribution in [0.4, 0.5) is 0 Å². The number of carbonyl (C=O) groups is 2. The van der Waals surface area contributed by atoms with Gasteiger partial charge in [-0.2, -0.15) is 0 Å². The van der Waals surface area contributed by atoms with Crippen molar-refractivity contribution in [3.8, 4) is 0 Å². The fourth-order valence-electron chi connectivity index (χ4n) is 2.27. The summed E-state index contributed by atoms with van der Waals surface area (Å²) in [4.78, 5) is 26.4. The third-order valence-corrected chi connectivity index (χ3v) is 5.62. The Kier molecular flexibility index (Phi) is 3.13. The average molecular weight is 308 g/mol. The number of fused-ring (bicyclic) bond motifs is 2. The molecule has 20 heavy (non-hydrogen) atoms. The smallest absolute Gasteiger partial charge is 0.214 e. The predicted octanol–water partition coefficient (Wildman–Crippen LogP) is 2.69. The number of carbonyl (C=O) groups excluding carboxylic acids is 2. The van der Waals surface area contributed by atoms with E-state index in [0.29, 0.717) is 31.3 Å². The van der Waals surface area contributed by atoms with Crippen molar-refractivity contribution >= 4 is 34.2 Å². The second kappa shape index (κ2) is 4.60. The van der Waals surface area contributed by atoms with Gasteiger partial charge in [0.25, 0.3) is 0 Å². The second-order valence-electron chi connectivity index (χ2n) is 4.80. The van der Waals surface area contributed by atoms with Crippen LogP contribution in [-0.2, 0) is 0 Å². The molecular formula is C14H12O4S2. The van der Waals surface area contributed by atoms with Crippen molar-refractivity contribution in [3.63, 3.8) is 0 Å². The maximum Gasteiger partial charge on any atom is 0.214 e. The Labute approximate surface area is 123 Å². The summed E-state index contributed by atoms with van der Waals surface area (Å²) < 4.78 is 0. The molecule has 0 aromatic carbocycles.